The van der Waals surface area contributed by atoms with Crippen LogP contribution >= 0.6 is 11.3 Å². The van der Waals surface area contributed by atoms with Crippen molar-refractivity contribution in [3.05, 3.63) is 46.7 Å². The molecular formula is C17H20N2OS. The van der Waals surface area contributed by atoms with Crippen molar-refractivity contribution in [2.45, 2.75) is 25.7 Å². The average Bonchev–Trinajstić information content (AvgIpc) is 2.91. The fraction of sp³-hybridized carbons (Fsp3) is 0.353. The summed E-state index contributed by atoms with van der Waals surface area (Å²) in [6.45, 7) is 2.15. The molecule has 1 aromatic heterocycles. The molecule has 1 aromatic carbocycles. The minimum atomic E-state index is -0.0291. The SMILES string of the molecule is O=C(Nc1ccccc1N1CCCCCC1)c1ccsc1. The van der Waals surface area contributed by atoms with Gasteiger partial charge >= 0.3 is 0 Å². The number of carbonyl (C=O) groups excluding carboxylic acids is 1. The molecule has 0 unspecified atom stereocenters. The van der Waals surface area contributed by atoms with Gasteiger partial charge in [-0.25, -0.2) is 0 Å². The van der Waals surface area contributed by atoms with E-state index in [0.717, 1.165) is 30.0 Å². The van der Waals surface area contributed by atoms with Crippen LogP contribution in [0.5, 0.6) is 0 Å². The minimum Gasteiger partial charge on any atom is -0.370 e. The summed E-state index contributed by atoms with van der Waals surface area (Å²) in [5.74, 6) is -0.0291. The number of carbonyl (C=O) groups is 1. The highest BCUT2D eigenvalue weighted by atomic mass is 32.1. The summed E-state index contributed by atoms with van der Waals surface area (Å²) >= 11 is 1.54. The molecule has 1 saturated heterocycles. The highest BCUT2D eigenvalue weighted by molar-refractivity contribution is 7.08. The Balaban J connectivity index is 1.80. The first-order valence-electron chi connectivity index (χ1n) is 7.52. The maximum absolute atomic E-state index is 12.3. The van der Waals surface area contributed by atoms with Gasteiger partial charge in [0.05, 0.1) is 16.9 Å². The third kappa shape index (κ3) is 3.45. The fourth-order valence-corrected chi connectivity index (χ4v) is 3.39. The van der Waals surface area contributed by atoms with E-state index in [1.54, 1.807) is 11.3 Å². The molecule has 1 amide bonds. The second-order valence-electron chi connectivity index (χ2n) is 5.38. The van der Waals surface area contributed by atoms with E-state index in [1.807, 2.05) is 35.0 Å². The third-order valence-corrected chi connectivity index (χ3v) is 4.57. The van der Waals surface area contributed by atoms with Gasteiger partial charge in [-0.15, -0.1) is 0 Å². The van der Waals surface area contributed by atoms with Gasteiger partial charge < -0.3 is 10.2 Å². The Bertz CT molecular complexity index is 587. The maximum Gasteiger partial charge on any atom is 0.256 e. The van der Waals surface area contributed by atoms with Crippen LogP contribution in [0.15, 0.2) is 41.1 Å². The van der Waals surface area contributed by atoms with Crippen molar-refractivity contribution < 1.29 is 4.79 Å². The van der Waals surface area contributed by atoms with Crippen LogP contribution in [0.4, 0.5) is 11.4 Å². The summed E-state index contributed by atoms with van der Waals surface area (Å²) in [6.07, 6.45) is 5.07. The van der Waals surface area contributed by atoms with Crippen LogP contribution in [0.1, 0.15) is 36.0 Å². The monoisotopic (exact) mass is 300 g/mol. The van der Waals surface area contributed by atoms with E-state index in [1.165, 1.54) is 25.7 Å². The zero-order valence-electron chi connectivity index (χ0n) is 12.0. The van der Waals surface area contributed by atoms with Gasteiger partial charge in [-0.2, -0.15) is 11.3 Å². The third-order valence-electron chi connectivity index (χ3n) is 3.88. The summed E-state index contributed by atoms with van der Waals surface area (Å²) in [4.78, 5) is 14.7. The molecule has 1 N–H and O–H groups in total. The van der Waals surface area contributed by atoms with E-state index >= 15 is 0 Å². The largest absolute Gasteiger partial charge is 0.370 e. The molecule has 3 nitrogen and oxygen atoms in total. The minimum absolute atomic E-state index is 0.0291. The van der Waals surface area contributed by atoms with Gasteiger partial charge in [-0.05, 0) is 36.4 Å². The first-order chi connectivity index (χ1) is 10.3. The van der Waals surface area contributed by atoms with Crippen molar-refractivity contribution in [3.63, 3.8) is 0 Å². The van der Waals surface area contributed by atoms with Crippen LogP contribution < -0.4 is 10.2 Å². The Morgan fingerprint density at radius 1 is 1.05 bits per heavy atom. The Hall–Kier alpha value is -1.81. The molecule has 4 heteroatoms. The molecule has 1 aliphatic heterocycles. The Morgan fingerprint density at radius 2 is 1.81 bits per heavy atom. The highest BCUT2D eigenvalue weighted by Crippen LogP contribution is 2.28. The molecular weight excluding hydrogens is 280 g/mol. The molecule has 0 radical (unpaired) electrons. The zero-order valence-corrected chi connectivity index (χ0v) is 12.9. The van der Waals surface area contributed by atoms with E-state index in [9.17, 15) is 4.79 Å². The molecule has 0 aliphatic carbocycles. The lowest BCUT2D eigenvalue weighted by Crippen LogP contribution is -2.25. The quantitative estimate of drug-likeness (QED) is 0.912. The van der Waals surface area contributed by atoms with Crippen LogP contribution in [0, 0.1) is 0 Å². The fourth-order valence-electron chi connectivity index (χ4n) is 2.75. The molecule has 2 heterocycles. The highest BCUT2D eigenvalue weighted by Gasteiger charge is 2.15. The standard InChI is InChI=1S/C17H20N2OS/c20-17(14-9-12-21-13-14)18-15-7-3-4-8-16(15)19-10-5-1-2-6-11-19/h3-4,7-9,12-13H,1-2,5-6,10-11H2,(H,18,20). The van der Waals surface area contributed by atoms with E-state index < -0.39 is 0 Å². The number of hydrogen-bond acceptors (Lipinski definition) is 3. The lowest BCUT2D eigenvalue weighted by Gasteiger charge is -2.25. The Kier molecular flexibility index (Phi) is 4.55. The van der Waals surface area contributed by atoms with E-state index in [0.29, 0.717) is 0 Å². The molecule has 1 aliphatic rings. The first kappa shape index (κ1) is 14.1. The summed E-state index contributed by atoms with van der Waals surface area (Å²) in [7, 11) is 0. The first-order valence-corrected chi connectivity index (χ1v) is 8.46. The van der Waals surface area contributed by atoms with Crippen molar-refractivity contribution in [1.82, 2.24) is 0 Å². The number of hydrogen-bond donors (Lipinski definition) is 1. The normalized spacial score (nSPS) is 15.5. The zero-order chi connectivity index (χ0) is 14.5. The number of para-hydroxylation sites is 2. The molecule has 2 aromatic rings. The summed E-state index contributed by atoms with van der Waals surface area (Å²) < 4.78 is 0. The topological polar surface area (TPSA) is 32.3 Å². The molecule has 21 heavy (non-hydrogen) atoms. The van der Waals surface area contributed by atoms with Crippen molar-refractivity contribution in [1.29, 1.82) is 0 Å². The van der Waals surface area contributed by atoms with E-state index in [4.69, 9.17) is 0 Å². The van der Waals surface area contributed by atoms with Crippen LogP contribution in [-0.2, 0) is 0 Å². The summed E-state index contributed by atoms with van der Waals surface area (Å²) in [6, 6.07) is 9.97. The molecule has 0 atom stereocenters. The van der Waals surface area contributed by atoms with Crippen LogP contribution in [0.2, 0.25) is 0 Å². The van der Waals surface area contributed by atoms with Crippen LogP contribution in [-0.4, -0.2) is 19.0 Å². The van der Waals surface area contributed by atoms with Crippen molar-refractivity contribution in [3.8, 4) is 0 Å². The van der Waals surface area contributed by atoms with Gasteiger partial charge in [0.1, 0.15) is 0 Å². The van der Waals surface area contributed by atoms with Gasteiger partial charge in [-0.1, -0.05) is 25.0 Å². The number of anilines is 2. The van der Waals surface area contributed by atoms with Crippen LogP contribution in [0.3, 0.4) is 0 Å². The molecule has 0 saturated carbocycles. The maximum atomic E-state index is 12.3. The average molecular weight is 300 g/mol. The number of amides is 1. The second kappa shape index (κ2) is 6.76. The Labute approximate surface area is 129 Å². The Morgan fingerprint density at radius 3 is 2.52 bits per heavy atom. The second-order valence-corrected chi connectivity index (χ2v) is 6.16. The lowest BCUT2D eigenvalue weighted by atomic mass is 10.2. The smallest absolute Gasteiger partial charge is 0.256 e. The molecule has 0 bridgehead atoms. The van der Waals surface area contributed by atoms with Gasteiger partial charge in [0.25, 0.3) is 5.91 Å². The van der Waals surface area contributed by atoms with Gasteiger partial charge in [0, 0.05) is 18.5 Å². The lowest BCUT2D eigenvalue weighted by molar-refractivity contribution is 0.102. The number of benzene rings is 1. The predicted octanol–water partition coefficient (Wildman–Crippen LogP) is 4.38. The van der Waals surface area contributed by atoms with Gasteiger partial charge in [-0.3, -0.25) is 4.79 Å². The number of nitrogens with one attached hydrogen (secondary N) is 1. The van der Waals surface area contributed by atoms with Gasteiger partial charge in [0.15, 0.2) is 0 Å². The van der Waals surface area contributed by atoms with Crippen molar-refractivity contribution in [2.75, 3.05) is 23.3 Å². The van der Waals surface area contributed by atoms with Crippen LogP contribution in [0.25, 0.3) is 0 Å². The number of nitrogens with zero attached hydrogens (tertiary/aromatic N) is 1. The number of thiophene rings is 1. The van der Waals surface area contributed by atoms with Crippen molar-refractivity contribution in [2.24, 2.45) is 0 Å². The number of rotatable bonds is 3. The van der Waals surface area contributed by atoms with Crippen molar-refractivity contribution >= 4 is 28.6 Å². The van der Waals surface area contributed by atoms with E-state index in [-0.39, 0.29) is 5.91 Å². The molecule has 110 valence electrons. The summed E-state index contributed by atoms with van der Waals surface area (Å²) in [5.41, 5.74) is 2.78. The summed E-state index contributed by atoms with van der Waals surface area (Å²) in [5, 5.41) is 6.86. The molecule has 0 spiro atoms. The van der Waals surface area contributed by atoms with Gasteiger partial charge in [0.2, 0.25) is 0 Å². The molecule has 1 fully saturated rings. The van der Waals surface area contributed by atoms with E-state index in [2.05, 4.69) is 16.3 Å². The predicted molar refractivity (Wildman–Crippen MR) is 89.4 cm³/mol. The molecule has 3 rings (SSSR count).